The Labute approximate surface area is 184 Å². The first kappa shape index (κ1) is 22.2. The fourth-order valence-corrected chi connectivity index (χ4v) is 4.42. The number of carbonyl (C=O) groups excluding carboxylic acids is 1. The highest BCUT2D eigenvalue weighted by Gasteiger charge is 2.38. The number of benzene rings is 1. The van der Waals surface area contributed by atoms with Gasteiger partial charge in [-0.3, -0.25) is 0 Å². The van der Waals surface area contributed by atoms with Gasteiger partial charge in [-0.05, 0) is 57.7 Å². The van der Waals surface area contributed by atoms with Crippen LogP contribution < -0.4 is 4.90 Å². The molecule has 0 unspecified atom stereocenters. The number of ether oxygens (including phenoxy) is 2. The molecule has 1 aromatic carbocycles. The second kappa shape index (κ2) is 9.55. The Morgan fingerprint density at radius 2 is 2.07 bits per heavy atom. The summed E-state index contributed by atoms with van der Waals surface area (Å²) < 4.78 is 12.9. The van der Waals surface area contributed by atoms with Crippen LogP contribution in [0.2, 0.25) is 0 Å². The van der Waals surface area contributed by atoms with Crippen LogP contribution in [0.4, 0.5) is 9.93 Å². The summed E-state index contributed by atoms with van der Waals surface area (Å²) in [6.45, 7) is 5.60. The Bertz CT molecular complexity index is 792. The number of hydrogen-bond acceptors (Lipinski definition) is 6. The average Bonchev–Trinajstić information content (AvgIpc) is 3.15. The molecule has 1 amide bonds. The average molecular weight is 483 g/mol. The number of aliphatic hydroxyl groups excluding tert-OH is 1. The summed E-state index contributed by atoms with van der Waals surface area (Å²) in [6.07, 6.45) is 2.71. The molecule has 1 aromatic heterocycles. The van der Waals surface area contributed by atoms with Crippen LogP contribution in [0.5, 0.6) is 0 Å². The van der Waals surface area contributed by atoms with E-state index in [0.717, 1.165) is 10.0 Å². The number of carbonyl (C=O) groups is 1. The molecular formula is C21H27BrN2O4S. The number of aliphatic hydroxyl groups is 1. The fraction of sp³-hybridized carbons (Fsp3) is 0.524. The second-order valence-corrected chi connectivity index (χ2v) is 9.89. The molecule has 0 saturated carbocycles. The van der Waals surface area contributed by atoms with Gasteiger partial charge in [0.05, 0.1) is 12.2 Å². The predicted molar refractivity (Wildman–Crippen MR) is 117 cm³/mol. The lowest BCUT2D eigenvalue weighted by atomic mass is 9.92. The van der Waals surface area contributed by atoms with Crippen molar-refractivity contribution in [1.29, 1.82) is 0 Å². The highest BCUT2D eigenvalue weighted by molar-refractivity contribution is 9.10. The van der Waals surface area contributed by atoms with Gasteiger partial charge in [-0.25, -0.2) is 14.7 Å². The largest absolute Gasteiger partial charge is 0.443 e. The molecule has 8 heteroatoms. The first-order chi connectivity index (χ1) is 13.8. The maximum absolute atomic E-state index is 13.1. The number of thiazole rings is 1. The first-order valence-corrected chi connectivity index (χ1v) is 11.4. The Morgan fingerprint density at radius 1 is 1.34 bits per heavy atom. The molecule has 3 atom stereocenters. The molecule has 0 aliphatic carbocycles. The number of amides is 1. The smallest absolute Gasteiger partial charge is 0.416 e. The lowest BCUT2D eigenvalue weighted by Gasteiger charge is -2.40. The molecule has 3 rings (SSSR count). The molecule has 0 spiro atoms. The van der Waals surface area contributed by atoms with Gasteiger partial charge < -0.3 is 14.6 Å². The Morgan fingerprint density at radius 3 is 2.66 bits per heavy atom. The van der Waals surface area contributed by atoms with Crippen LogP contribution in [0.15, 0.2) is 40.3 Å². The third-order valence-corrected chi connectivity index (χ3v) is 5.95. The SMILES string of the molecule is CC(C)(C)OC(=O)N(c1nccs1)[C@@H]1C[C@@H](CCO)O[C@H](c2ccc(Br)cc2)C1. The van der Waals surface area contributed by atoms with E-state index in [2.05, 4.69) is 20.9 Å². The highest BCUT2D eigenvalue weighted by Crippen LogP contribution is 2.38. The highest BCUT2D eigenvalue weighted by atomic mass is 79.9. The number of nitrogens with zero attached hydrogens (tertiary/aromatic N) is 2. The van der Waals surface area contributed by atoms with Gasteiger partial charge >= 0.3 is 6.09 Å². The number of hydrogen-bond donors (Lipinski definition) is 1. The van der Waals surface area contributed by atoms with Crippen LogP contribution >= 0.6 is 27.3 Å². The minimum Gasteiger partial charge on any atom is -0.443 e. The van der Waals surface area contributed by atoms with Gasteiger partial charge in [-0.15, -0.1) is 11.3 Å². The molecule has 6 nitrogen and oxygen atoms in total. The van der Waals surface area contributed by atoms with Crippen molar-refractivity contribution >= 4 is 38.5 Å². The molecule has 0 bridgehead atoms. The third-order valence-electron chi connectivity index (χ3n) is 4.65. The van der Waals surface area contributed by atoms with Crippen molar-refractivity contribution in [3.05, 3.63) is 45.9 Å². The second-order valence-electron chi connectivity index (χ2n) is 8.10. The normalized spacial score (nSPS) is 22.3. The van der Waals surface area contributed by atoms with E-state index < -0.39 is 11.7 Å². The van der Waals surface area contributed by atoms with Crippen molar-refractivity contribution in [3.63, 3.8) is 0 Å². The van der Waals surface area contributed by atoms with Crippen LogP contribution in [0, 0.1) is 0 Å². The molecule has 1 aliphatic rings. The van der Waals surface area contributed by atoms with Crippen LogP contribution in [-0.4, -0.2) is 40.5 Å². The topological polar surface area (TPSA) is 71.9 Å². The van der Waals surface area contributed by atoms with E-state index in [4.69, 9.17) is 9.47 Å². The molecule has 158 valence electrons. The maximum atomic E-state index is 13.1. The van der Waals surface area contributed by atoms with E-state index in [0.29, 0.717) is 24.4 Å². The van der Waals surface area contributed by atoms with E-state index >= 15 is 0 Å². The lowest BCUT2D eigenvalue weighted by Crippen LogP contribution is -2.48. The maximum Gasteiger partial charge on any atom is 0.416 e. The molecule has 29 heavy (non-hydrogen) atoms. The van der Waals surface area contributed by atoms with Gasteiger partial charge in [0, 0.05) is 28.7 Å². The standard InChI is InChI=1S/C21H27BrN2O4S/c1-21(2,3)28-20(26)24(19-23-9-11-29-19)16-12-17(8-10-25)27-18(13-16)14-4-6-15(22)7-5-14/h4-7,9,11,16-18,25H,8,10,12-13H2,1-3H3/t16-,17-,18+/m1/s1. The van der Waals surface area contributed by atoms with Crippen molar-refractivity contribution in [1.82, 2.24) is 4.98 Å². The van der Waals surface area contributed by atoms with Crippen molar-refractivity contribution in [3.8, 4) is 0 Å². The molecule has 2 aromatic rings. The summed E-state index contributed by atoms with van der Waals surface area (Å²) in [6, 6.07) is 7.86. The van der Waals surface area contributed by atoms with Crippen molar-refractivity contribution < 1.29 is 19.4 Å². The van der Waals surface area contributed by atoms with E-state index in [-0.39, 0.29) is 24.9 Å². The lowest BCUT2D eigenvalue weighted by molar-refractivity contribution is -0.0679. The number of aromatic nitrogens is 1. The summed E-state index contributed by atoms with van der Waals surface area (Å²) in [4.78, 5) is 19.1. The van der Waals surface area contributed by atoms with Crippen LogP contribution in [0.3, 0.4) is 0 Å². The number of anilines is 1. The van der Waals surface area contributed by atoms with Crippen molar-refractivity contribution in [2.45, 2.75) is 63.9 Å². The molecule has 2 heterocycles. The minimum atomic E-state index is -0.604. The van der Waals surface area contributed by atoms with Gasteiger partial charge in [0.1, 0.15) is 5.60 Å². The Hall–Kier alpha value is -1.48. The third kappa shape index (κ3) is 6.01. The van der Waals surface area contributed by atoms with Gasteiger partial charge in [0.2, 0.25) is 0 Å². The summed E-state index contributed by atoms with van der Waals surface area (Å²) >= 11 is 4.87. The fourth-order valence-electron chi connectivity index (χ4n) is 3.45. The van der Waals surface area contributed by atoms with Crippen LogP contribution in [0.25, 0.3) is 0 Å². The van der Waals surface area contributed by atoms with Crippen molar-refractivity contribution in [2.24, 2.45) is 0 Å². The van der Waals surface area contributed by atoms with Gasteiger partial charge in [-0.1, -0.05) is 28.1 Å². The predicted octanol–water partition coefficient (Wildman–Crippen LogP) is 5.32. The number of rotatable bonds is 5. The zero-order valence-electron chi connectivity index (χ0n) is 16.9. The molecule has 1 saturated heterocycles. The van der Waals surface area contributed by atoms with Crippen LogP contribution in [0.1, 0.15) is 51.7 Å². The minimum absolute atomic E-state index is 0.0358. The zero-order valence-corrected chi connectivity index (χ0v) is 19.3. The summed E-state index contributed by atoms with van der Waals surface area (Å²) in [7, 11) is 0. The monoisotopic (exact) mass is 482 g/mol. The van der Waals surface area contributed by atoms with Gasteiger partial charge in [0.25, 0.3) is 0 Å². The zero-order chi connectivity index (χ0) is 21.0. The van der Waals surface area contributed by atoms with E-state index in [9.17, 15) is 9.90 Å². The van der Waals surface area contributed by atoms with Crippen molar-refractivity contribution in [2.75, 3.05) is 11.5 Å². The molecule has 1 N–H and O–H groups in total. The Kier molecular flexibility index (Phi) is 7.32. The van der Waals surface area contributed by atoms with Gasteiger partial charge in [-0.2, -0.15) is 0 Å². The number of halogens is 1. The quantitative estimate of drug-likeness (QED) is 0.624. The van der Waals surface area contributed by atoms with E-state index in [1.54, 1.807) is 11.1 Å². The van der Waals surface area contributed by atoms with E-state index in [1.807, 2.05) is 50.4 Å². The van der Waals surface area contributed by atoms with Gasteiger partial charge in [0.15, 0.2) is 5.13 Å². The molecule has 1 fully saturated rings. The summed E-state index contributed by atoms with van der Waals surface area (Å²) in [5.41, 5.74) is 0.442. The summed E-state index contributed by atoms with van der Waals surface area (Å²) in [5.74, 6) is 0. The summed E-state index contributed by atoms with van der Waals surface area (Å²) in [5, 5.41) is 11.9. The first-order valence-electron chi connectivity index (χ1n) is 9.70. The van der Waals surface area contributed by atoms with Crippen LogP contribution in [-0.2, 0) is 9.47 Å². The van der Waals surface area contributed by atoms with E-state index in [1.165, 1.54) is 11.3 Å². The Balaban J connectivity index is 1.90. The molecule has 1 aliphatic heterocycles. The molecule has 0 radical (unpaired) electrons. The molecular weight excluding hydrogens is 456 g/mol.